The molecular weight excluding hydrogens is 252 g/mol. The molecule has 2 fully saturated rings. The molecule has 5 heteroatoms. The topological polar surface area (TPSA) is 50.3 Å². The Morgan fingerprint density at radius 3 is 3.15 bits per heavy atom. The van der Waals surface area contributed by atoms with Gasteiger partial charge in [-0.15, -0.1) is 0 Å². The molecule has 2 unspecified atom stereocenters. The van der Waals surface area contributed by atoms with Crippen molar-refractivity contribution in [2.45, 2.75) is 39.2 Å². The monoisotopic (exact) mass is 276 g/mol. The Morgan fingerprint density at radius 1 is 1.40 bits per heavy atom. The minimum absolute atomic E-state index is 0.643. The average Bonchev–Trinajstić information content (AvgIpc) is 2.46. The maximum Gasteiger partial charge on any atom is 0.218 e. The van der Waals surface area contributed by atoms with E-state index in [-0.39, 0.29) is 0 Å². The van der Waals surface area contributed by atoms with Crippen molar-refractivity contribution in [1.82, 2.24) is 15.3 Å². The summed E-state index contributed by atoms with van der Waals surface area (Å²) in [5.74, 6) is 3.25. The Balaban J connectivity index is 1.75. The van der Waals surface area contributed by atoms with Gasteiger partial charge in [0.05, 0.1) is 6.61 Å². The van der Waals surface area contributed by atoms with Crippen molar-refractivity contribution in [1.29, 1.82) is 0 Å². The predicted molar refractivity (Wildman–Crippen MR) is 79.3 cm³/mol. The first-order valence-corrected chi connectivity index (χ1v) is 7.73. The van der Waals surface area contributed by atoms with E-state index in [2.05, 4.69) is 20.2 Å². The standard InChI is InChI=1S/C15H24N4O/c1-3-20-15-9-14(17-11(2)18-15)19-8-6-13-12(10-19)5-4-7-16-13/h9,12-13,16H,3-8,10H2,1-2H3. The molecule has 0 aliphatic carbocycles. The molecule has 1 aromatic rings. The average molecular weight is 276 g/mol. The van der Waals surface area contributed by atoms with Crippen molar-refractivity contribution in [2.75, 3.05) is 31.1 Å². The number of hydrogen-bond donors (Lipinski definition) is 1. The summed E-state index contributed by atoms with van der Waals surface area (Å²) in [6.07, 6.45) is 3.83. The molecule has 2 aliphatic heterocycles. The van der Waals surface area contributed by atoms with Crippen molar-refractivity contribution in [3.05, 3.63) is 11.9 Å². The van der Waals surface area contributed by atoms with E-state index in [1.165, 1.54) is 25.8 Å². The predicted octanol–water partition coefficient (Wildman–Crippen LogP) is 1.76. The molecule has 110 valence electrons. The Hall–Kier alpha value is -1.36. The summed E-state index contributed by atoms with van der Waals surface area (Å²) in [6, 6.07) is 2.68. The number of ether oxygens (including phenoxy) is 1. The molecule has 1 N–H and O–H groups in total. The van der Waals surface area contributed by atoms with Crippen LogP contribution in [0.1, 0.15) is 32.0 Å². The maximum atomic E-state index is 5.53. The summed E-state index contributed by atoms with van der Waals surface area (Å²) in [5.41, 5.74) is 0. The van der Waals surface area contributed by atoms with E-state index in [0.29, 0.717) is 18.5 Å². The molecule has 0 amide bonds. The van der Waals surface area contributed by atoms with Crippen molar-refractivity contribution in [3.8, 4) is 5.88 Å². The molecule has 2 saturated heterocycles. The molecule has 0 spiro atoms. The van der Waals surface area contributed by atoms with Crippen molar-refractivity contribution < 1.29 is 4.74 Å². The van der Waals surface area contributed by atoms with E-state index in [1.54, 1.807) is 0 Å². The van der Waals surface area contributed by atoms with Crippen LogP contribution in [0.2, 0.25) is 0 Å². The zero-order valence-electron chi connectivity index (χ0n) is 12.4. The number of anilines is 1. The maximum absolute atomic E-state index is 5.53. The number of nitrogens with one attached hydrogen (secondary N) is 1. The van der Waals surface area contributed by atoms with Crippen LogP contribution in [-0.4, -0.2) is 42.3 Å². The molecule has 20 heavy (non-hydrogen) atoms. The number of fused-ring (bicyclic) bond motifs is 1. The fourth-order valence-corrected chi connectivity index (χ4v) is 3.36. The Bertz CT molecular complexity index is 465. The van der Waals surface area contributed by atoms with Crippen LogP contribution in [0.15, 0.2) is 6.07 Å². The highest BCUT2D eigenvalue weighted by Crippen LogP contribution is 2.28. The van der Waals surface area contributed by atoms with Gasteiger partial charge >= 0.3 is 0 Å². The zero-order valence-corrected chi connectivity index (χ0v) is 12.4. The van der Waals surface area contributed by atoms with Gasteiger partial charge in [0.15, 0.2) is 0 Å². The van der Waals surface area contributed by atoms with Gasteiger partial charge in [-0.2, -0.15) is 4.98 Å². The SMILES string of the molecule is CCOc1cc(N2CCC3NCCCC3C2)nc(C)n1. The zero-order chi connectivity index (χ0) is 13.9. The number of rotatable bonds is 3. The van der Waals surface area contributed by atoms with E-state index in [1.807, 2.05) is 19.9 Å². The molecule has 0 aromatic carbocycles. The van der Waals surface area contributed by atoms with Crippen LogP contribution in [0.4, 0.5) is 5.82 Å². The summed E-state index contributed by atoms with van der Waals surface area (Å²) in [5, 5.41) is 3.65. The molecule has 1 aromatic heterocycles. The number of hydrogen-bond acceptors (Lipinski definition) is 5. The molecule has 2 atom stereocenters. The van der Waals surface area contributed by atoms with Crippen LogP contribution in [-0.2, 0) is 0 Å². The quantitative estimate of drug-likeness (QED) is 0.911. The largest absolute Gasteiger partial charge is 0.478 e. The minimum Gasteiger partial charge on any atom is -0.478 e. The van der Waals surface area contributed by atoms with Gasteiger partial charge in [-0.25, -0.2) is 4.98 Å². The molecule has 0 bridgehead atoms. The smallest absolute Gasteiger partial charge is 0.218 e. The highest BCUT2D eigenvalue weighted by atomic mass is 16.5. The second-order valence-electron chi connectivity index (χ2n) is 5.74. The van der Waals surface area contributed by atoms with Gasteiger partial charge in [0, 0.05) is 25.2 Å². The lowest BCUT2D eigenvalue weighted by atomic mass is 9.85. The molecule has 0 saturated carbocycles. The summed E-state index contributed by atoms with van der Waals surface area (Å²) in [7, 11) is 0. The van der Waals surface area contributed by atoms with E-state index >= 15 is 0 Å². The van der Waals surface area contributed by atoms with Crippen molar-refractivity contribution in [3.63, 3.8) is 0 Å². The van der Waals surface area contributed by atoms with Gasteiger partial charge < -0.3 is 15.0 Å². The highest BCUT2D eigenvalue weighted by Gasteiger charge is 2.31. The molecule has 3 rings (SSSR count). The first-order chi connectivity index (χ1) is 9.76. The first kappa shape index (κ1) is 13.6. The number of nitrogens with zero attached hydrogens (tertiary/aromatic N) is 3. The molecule has 2 aliphatic rings. The van der Waals surface area contributed by atoms with Gasteiger partial charge in [-0.3, -0.25) is 0 Å². The van der Waals surface area contributed by atoms with Crippen LogP contribution in [0.25, 0.3) is 0 Å². The second-order valence-corrected chi connectivity index (χ2v) is 5.74. The van der Waals surface area contributed by atoms with Crippen LogP contribution in [0.3, 0.4) is 0 Å². The van der Waals surface area contributed by atoms with Crippen LogP contribution in [0, 0.1) is 12.8 Å². The van der Waals surface area contributed by atoms with E-state index in [4.69, 9.17) is 4.74 Å². The molecule has 3 heterocycles. The first-order valence-electron chi connectivity index (χ1n) is 7.73. The third-order valence-electron chi connectivity index (χ3n) is 4.31. The van der Waals surface area contributed by atoms with E-state index in [9.17, 15) is 0 Å². The Labute approximate surface area is 120 Å². The van der Waals surface area contributed by atoms with Gasteiger partial charge in [-0.05, 0) is 45.6 Å². The third kappa shape index (κ3) is 2.87. The lowest BCUT2D eigenvalue weighted by Crippen LogP contribution is -2.52. The van der Waals surface area contributed by atoms with E-state index < -0.39 is 0 Å². The van der Waals surface area contributed by atoms with Crippen molar-refractivity contribution >= 4 is 5.82 Å². The summed E-state index contributed by atoms with van der Waals surface area (Å²) < 4.78 is 5.53. The number of aromatic nitrogens is 2. The lowest BCUT2D eigenvalue weighted by molar-refractivity contribution is 0.243. The van der Waals surface area contributed by atoms with Crippen LogP contribution >= 0.6 is 0 Å². The summed E-state index contributed by atoms with van der Waals surface area (Å²) >= 11 is 0. The Morgan fingerprint density at radius 2 is 2.30 bits per heavy atom. The fourth-order valence-electron chi connectivity index (χ4n) is 3.36. The highest BCUT2D eigenvalue weighted by molar-refractivity contribution is 5.42. The third-order valence-corrected chi connectivity index (χ3v) is 4.31. The summed E-state index contributed by atoms with van der Waals surface area (Å²) in [6.45, 7) is 7.90. The molecular formula is C15H24N4O. The minimum atomic E-state index is 0.643. The van der Waals surface area contributed by atoms with Crippen molar-refractivity contribution in [2.24, 2.45) is 5.92 Å². The van der Waals surface area contributed by atoms with Gasteiger partial charge in [0.1, 0.15) is 11.6 Å². The van der Waals surface area contributed by atoms with Gasteiger partial charge in [0.2, 0.25) is 5.88 Å². The normalized spacial score (nSPS) is 26.2. The molecule has 5 nitrogen and oxygen atoms in total. The second kappa shape index (κ2) is 5.95. The van der Waals surface area contributed by atoms with Crippen LogP contribution < -0.4 is 15.0 Å². The number of aryl methyl sites for hydroxylation is 1. The van der Waals surface area contributed by atoms with Gasteiger partial charge in [0.25, 0.3) is 0 Å². The van der Waals surface area contributed by atoms with Crippen LogP contribution in [0.5, 0.6) is 5.88 Å². The lowest BCUT2D eigenvalue weighted by Gasteiger charge is -2.42. The van der Waals surface area contributed by atoms with E-state index in [0.717, 1.165) is 30.6 Å². The molecule has 0 radical (unpaired) electrons. The summed E-state index contributed by atoms with van der Waals surface area (Å²) in [4.78, 5) is 11.3. The fraction of sp³-hybridized carbons (Fsp3) is 0.733. The number of piperidine rings is 2. The van der Waals surface area contributed by atoms with Gasteiger partial charge in [-0.1, -0.05) is 0 Å². The Kier molecular flexibility index (Phi) is 4.05.